The van der Waals surface area contributed by atoms with Crippen LogP contribution in [0.3, 0.4) is 0 Å². The molecule has 1 heterocycles. The van der Waals surface area contributed by atoms with E-state index in [1.54, 1.807) is 12.0 Å². The van der Waals surface area contributed by atoms with E-state index in [0.29, 0.717) is 5.92 Å². The first-order valence-corrected chi connectivity index (χ1v) is 9.56. The van der Waals surface area contributed by atoms with Crippen molar-refractivity contribution >= 4 is 24.6 Å². The summed E-state index contributed by atoms with van der Waals surface area (Å²) in [6, 6.07) is 10.5. The summed E-state index contributed by atoms with van der Waals surface area (Å²) >= 11 is 0. The molecule has 1 aliphatic heterocycles. The molecule has 0 spiro atoms. The molecule has 27 heavy (non-hydrogen) atoms. The van der Waals surface area contributed by atoms with Crippen molar-refractivity contribution in [2.24, 2.45) is 5.92 Å². The Morgan fingerprint density at radius 3 is 2.56 bits per heavy atom. The maximum atomic E-state index is 11.9. The molecule has 1 amide bonds. The molecule has 1 aliphatic carbocycles. The molecule has 1 saturated heterocycles. The highest BCUT2D eigenvalue weighted by molar-refractivity contribution is 5.85. The van der Waals surface area contributed by atoms with E-state index in [0.717, 1.165) is 45.5 Å². The van der Waals surface area contributed by atoms with Gasteiger partial charge in [-0.2, -0.15) is 0 Å². The number of halogens is 1. The zero-order chi connectivity index (χ0) is 18.5. The van der Waals surface area contributed by atoms with E-state index in [9.17, 15) is 9.90 Å². The number of nitrogens with zero attached hydrogens (tertiary/aromatic N) is 2. The predicted molar refractivity (Wildman–Crippen MR) is 110 cm³/mol. The number of carboxylic acid groups (broad SMARTS) is 1. The van der Waals surface area contributed by atoms with Gasteiger partial charge in [-0.05, 0) is 31.7 Å². The van der Waals surface area contributed by atoms with Gasteiger partial charge in [0.25, 0.3) is 0 Å². The molecule has 2 unspecified atom stereocenters. The SMILES string of the molecule is COCCN1CCC(N(C(=O)O)C2CC2C(C)=Cc2ccccc2)CC1.Cl. The summed E-state index contributed by atoms with van der Waals surface area (Å²) in [7, 11) is 1.72. The molecule has 6 heteroatoms. The quantitative estimate of drug-likeness (QED) is 0.759. The van der Waals surface area contributed by atoms with Crippen LogP contribution in [0.15, 0.2) is 35.9 Å². The minimum absolute atomic E-state index is 0. The summed E-state index contributed by atoms with van der Waals surface area (Å²) in [5, 5.41) is 9.81. The number of hydrogen-bond acceptors (Lipinski definition) is 3. The van der Waals surface area contributed by atoms with Gasteiger partial charge in [0.05, 0.1) is 6.61 Å². The highest BCUT2D eigenvalue weighted by Crippen LogP contribution is 2.44. The van der Waals surface area contributed by atoms with Crippen molar-refractivity contribution in [3.05, 3.63) is 41.5 Å². The molecule has 1 aromatic carbocycles. The second kappa shape index (κ2) is 10.1. The summed E-state index contributed by atoms with van der Waals surface area (Å²) in [5.41, 5.74) is 2.47. The van der Waals surface area contributed by atoms with Crippen molar-refractivity contribution in [2.75, 3.05) is 33.4 Å². The van der Waals surface area contributed by atoms with Gasteiger partial charge in [0.1, 0.15) is 0 Å². The molecule has 2 atom stereocenters. The van der Waals surface area contributed by atoms with Gasteiger partial charge >= 0.3 is 6.09 Å². The number of likely N-dealkylation sites (tertiary alicyclic amines) is 1. The maximum Gasteiger partial charge on any atom is 0.407 e. The highest BCUT2D eigenvalue weighted by atomic mass is 35.5. The monoisotopic (exact) mass is 394 g/mol. The standard InChI is InChI=1S/C21H30N2O3.ClH/c1-16(14-17-6-4-3-5-7-17)19-15-20(19)23(21(24)25)18-8-10-22(11-9-18)12-13-26-2;/h3-7,14,18-20H,8-13,15H2,1-2H3,(H,24,25);1H. The molecule has 1 N–H and O–H groups in total. The second-order valence-corrected chi connectivity index (χ2v) is 7.46. The third-order valence-electron chi connectivity index (χ3n) is 5.68. The number of amides is 1. The first-order chi connectivity index (χ1) is 12.6. The van der Waals surface area contributed by atoms with E-state index in [-0.39, 0.29) is 24.5 Å². The lowest BCUT2D eigenvalue weighted by atomic mass is 10.0. The molecular formula is C21H31ClN2O3. The van der Waals surface area contributed by atoms with Gasteiger partial charge in [0.15, 0.2) is 0 Å². The fourth-order valence-corrected chi connectivity index (χ4v) is 4.11. The lowest BCUT2D eigenvalue weighted by molar-refractivity contribution is 0.0738. The topological polar surface area (TPSA) is 53.0 Å². The van der Waals surface area contributed by atoms with E-state index in [4.69, 9.17) is 4.74 Å². The van der Waals surface area contributed by atoms with Crippen molar-refractivity contribution in [3.8, 4) is 0 Å². The molecule has 1 saturated carbocycles. The minimum Gasteiger partial charge on any atom is -0.465 e. The molecule has 1 aromatic rings. The minimum atomic E-state index is -0.764. The Morgan fingerprint density at radius 1 is 1.30 bits per heavy atom. The smallest absolute Gasteiger partial charge is 0.407 e. The molecule has 150 valence electrons. The molecular weight excluding hydrogens is 364 g/mol. The highest BCUT2D eigenvalue weighted by Gasteiger charge is 2.47. The Kier molecular flexibility index (Phi) is 8.14. The van der Waals surface area contributed by atoms with Gasteiger partial charge in [0, 0.05) is 44.7 Å². The summed E-state index contributed by atoms with van der Waals surface area (Å²) in [6.45, 7) is 5.70. The number of hydrogen-bond donors (Lipinski definition) is 1. The summed E-state index contributed by atoms with van der Waals surface area (Å²) < 4.78 is 5.14. The fraction of sp³-hybridized carbons (Fsp3) is 0.571. The van der Waals surface area contributed by atoms with Gasteiger partial charge in [-0.1, -0.05) is 42.0 Å². The Morgan fingerprint density at radius 2 is 1.96 bits per heavy atom. The largest absolute Gasteiger partial charge is 0.465 e. The van der Waals surface area contributed by atoms with Crippen LogP contribution >= 0.6 is 12.4 Å². The Hall–Kier alpha value is -1.56. The van der Waals surface area contributed by atoms with Crippen LogP contribution in [-0.4, -0.2) is 66.4 Å². The van der Waals surface area contributed by atoms with Gasteiger partial charge in [0.2, 0.25) is 0 Å². The third-order valence-corrected chi connectivity index (χ3v) is 5.68. The van der Waals surface area contributed by atoms with Crippen molar-refractivity contribution < 1.29 is 14.6 Å². The predicted octanol–water partition coefficient (Wildman–Crippen LogP) is 3.99. The van der Waals surface area contributed by atoms with Crippen LogP contribution in [0.5, 0.6) is 0 Å². The van der Waals surface area contributed by atoms with Crippen LogP contribution in [0.4, 0.5) is 4.79 Å². The summed E-state index contributed by atoms with van der Waals surface area (Å²) in [6.07, 6.45) is 4.21. The molecule has 2 aliphatic rings. The number of benzene rings is 1. The second-order valence-electron chi connectivity index (χ2n) is 7.46. The Balaban J connectivity index is 0.00000261. The Bertz CT molecular complexity index is 630. The first-order valence-electron chi connectivity index (χ1n) is 9.56. The van der Waals surface area contributed by atoms with E-state index in [2.05, 4.69) is 30.0 Å². The van der Waals surface area contributed by atoms with Crippen molar-refractivity contribution in [1.82, 2.24) is 9.80 Å². The van der Waals surface area contributed by atoms with Crippen LogP contribution in [0, 0.1) is 5.92 Å². The van der Waals surface area contributed by atoms with Gasteiger partial charge in [-0.15, -0.1) is 12.4 Å². The van der Waals surface area contributed by atoms with Crippen molar-refractivity contribution in [3.63, 3.8) is 0 Å². The zero-order valence-corrected chi connectivity index (χ0v) is 17.0. The fourth-order valence-electron chi connectivity index (χ4n) is 4.11. The third kappa shape index (κ3) is 5.71. The van der Waals surface area contributed by atoms with Crippen molar-refractivity contribution in [1.29, 1.82) is 0 Å². The molecule has 0 radical (unpaired) electrons. The van der Waals surface area contributed by atoms with E-state index in [1.165, 1.54) is 11.1 Å². The Labute approximate surface area is 168 Å². The van der Waals surface area contributed by atoms with E-state index >= 15 is 0 Å². The number of piperidine rings is 1. The molecule has 0 aromatic heterocycles. The summed E-state index contributed by atoms with van der Waals surface area (Å²) in [4.78, 5) is 16.0. The molecule has 0 bridgehead atoms. The number of methoxy groups -OCH3 is 1. The van der Waals surface area contributed by atoms with Crippen LogP contribution in [-0.2, 0) is 4.74 Å². The van der Waals surface area contributed by atoms with Crippen molar-refractivity contribution in [2.45, 2.75) is 38.3 Å². The number of rotatable bonds is 7. The maximum absolute atomic E-state index is 11.9. The van der Waals surface area contributed by atoms with Crippen LogP contribution in [0.1, 0.15) is 31.7 Å². The summed E-state index contributed by atoms with van der Waals surface area (Å²) in [5.74, 6) is 0.359. The van der Waals surface area contributed by atoms with Gasteiger partial charge < -0.3 is 19.6 Å². The lowest BCUT2D eigenvalue weighted by Crippen LogP contribution is -2.48. The van der Waals surface area contributed by atoms with Crippen LogP contribution < -0.4 is 0 Å². The molecule has 5 nitrogen and oxygen atoms in total. The van der Waals surface area contributed by atoms with Crippen LogP contribution in [0.25, 0.3) is 6.08 Å². The lowest BCUT2D eigenvalue weighted by Gasteiger charge is -2.37. The molecule has 3 rings (SSSR count). The number of ether oxygens (including phenoxy) is 1. The van der Waals surface area contributed by atoms with Crippen LogP contribution in [0.2, 0.25) is 0 Å². The normalized spacial score (nSPS) is 23.6. The average Bonchev–Trinajstić information content (AvgIpc) is 3.42. The van der Waals surface area contributed by atoms with Gasteiger partial charge in [-0.25, -0.2) is 4.79 Å². The molecule has 2 fully saturated rings. The average molecular weight is 395 g/mol. The first kappa shape index (κ1) is 21.7. The van der Waals surface area contributed by atoms with Gasteiger partial charge in [-0.3, -0.25) is 0 Å². The zero-order valence-electron chi connectivity index (χ0n) is 16.2. The van der Waals surface area contributed by atoms with E-state index in [1.807, 2.05) is 18.2 Å². The number of carbonyl (C=O) groups is 1. The van der Waals surface area contributed by atoms with E-state index < -0.39 is 6.09 Å².